The molecule has 0 radical (unpaired) electrons. The third-order valence-corrected chi connectivity index (χ3v) is 2.88. The first-order valence-electron chi connectivity index (χ1n) is 5.41. The van der Waals surface area contributed by atoms with Gasteiger partial charge in [-0.15, -0.1) is 0 Å². The maximum atomic E-state index is 5.24. The molecule has 0 aromatic carbocycles. The number of pyridine rings is 1. The van der Waals surface area contributed by atoms with E-state index < -0.39 is 0 Å². The molecule has 0 atom stereocenters. The molecule has 1 aliphatic heterocycles. The van der Waals surface area contributed by atoms with Crippen LogP contribution in [0.25, 0.3) is 0 Å². The van der Waals surface area contributed by atoms with E-state index in [-0.39, 0.29) is 24.0 Å². The van der Waals surface area contributed by atoms with Gasteiger partial charge in [-0.25, -0.2) is 4.57 Å². The van der Waals surface area contributed by atoms with Gasteiger partial charge in [-0.05, 0) is 10.5 Å². The monoisotopic (exact) mass is 375 g/mol. The van der Waals surface area contributed by atoms with E-state index >= 15 is 0 Å². The standard InChI is InChI=1S/C12H14N3OS.HI/c1-3-4-8-16-15-10-12(13-17-15)11-6-5-7-14(2)9-11;/h5-7,9H,3,10H2,1-2H3;1H/q+1;/p-1. The van der Waals surface area contributed by atoms with Gasteiger partial charge in [0.25, 0.3) is 0 Å². The predicted molar refractivity (Wildman–Crippen MR) is 67.6 cm³/mol. The molecule has 0 spiro atoms. The minimum atomic E-state index is 0. The molecule has 0 saturated carbocycles. The van der Waals surface area contributed by atoms with Gasteiger partial charge in [0.15, 0.2) is 12.4 Å². The summed E-state index contributed by atoms with van der Waals surface area (Å²) in [5.41, 5.74) is 2.11. The van der Waals surface area contributed by atoms with Crippen molar-refractivity contribution in [2.24, 2.45) is 11.4 Å². The van der Waals surface area contributed by atoms with Gasteiger partial charge >= 0.3 is 0 Å². The first-order valence-corrected chi connectivity index (χ1v) is 6.14. The highest BCUT2D eigenvalue weighted by molar-refractivity contribution is 7.96. The number of nitrogens with zero attached hydrogens (tertiary/aromatic N) is 3. The quantitative estimate of drug-likeness (QED) is 0.272. The Balaban J connectivity index is 0.00000162. The van der Waals surface area contributed by atoms with Crippen LogP contribution in [0.1, 0.15) is 18.9 Å². The summed E-state index contributed by atoms with van der Waals surface area (Å²) < 4.78 is 8.03. The van der Waals surface area contributed by atoms with E-state index in [2.05, 4.69) is 16.4 Å². The Morgan fingerprint density at radius 3 is 3.17 bits per heavy atom. The van der Waals surface area contributed by atoms with Crippen LogP contribution in [0.4, 0.5) is 0 Å². The first kappa shape index (κ1) is 15.3. The zero-order valence-corrected chi connectivity index (χ0v) is 13.2. The highest BCUT2D eigenvalue weighted by Gasteiger charge is 2.21. The Bertz CT molecular complexity index is 496. The second-order valence-corrected chi connectivity index (χ2v) is 4.35. The van der Waals surface area contributed by atoms with E-state index in [4.69, 9.17) is 4.84 Å². The number of aromatic nitrogens is 1. The van der Waals surface area contributed by atoms with Gasteiger partial charge in [-0.3, -0.25) is 0 Å². The molecule has 2 rings (SSSR count). The average molecular weight is 375 g/mol. The van der Waals surface area contributed by atoms with Crippen molar-refractivity contribution >= 4 is 17.8 Å². The van der Waals surface area contributed by atoms with Crippen LogP contribution in [-0.4, -0.2) is 16.7 Å². The summed E-state index contributed by atoms with van der Waals surface area (Å²) in [5, 5.41) is 0. The molecule has 0 saturated heterocycles. The number of hydrogen-bond donors (Lipinski definition) is 0. The van der Waals surface area contributed by atoms with E-state index in [1.807, 2.05) is 43.1 Å². The van der Waals surface area contributed by atoms with Crippen molar-refractivity contribution in [3.63, 3.8) is 0 Å². The summed E-state index contributed by atoms with van der Waals surface area (Å²) in [6, 6.07) is 4.05. The fourth-order valence-corrected chi connectivity index (χ4v) is 1.99. The first-order chi connectivity index (χ1) is 8.29. The normalized spacial score (nSPS) is 14.2. The Morgan fingerprint density at radius 2 is 2.44 bits per heavy atom. The molecule has 0 fully saturated rings. The molecule has 0 amide bonds. The Labute approximate surface area is 129 Å². The summed E-state index contributed by atoms with van der Waals surface area (Å²) >= 11 is 1.29. The van der Waals surface area contributed by atoms with Crippen molar-refractivity contribution < 1.29 is 33.4 Å². The van der Waals surface area contributed by atoms with E-state index in [1.54, 1.807) is 4.47 Å². The third kappa shape index (κ3) is 4.15. The SMILES string of the molecule is CCC#CON1CC(c2ccc[n+](C)c2)=NS1.[I-]. The van der Waals surface area contributed by atoms with Crippen molar-refractivity contribution in [1.82, 2.24) is 4.47 Å². The maximum absolute atomic E-state index is 5.24. The van der Waals surface area contributed by atoms with Crippen LogP contribution in [0.3, 0.4) is 0 Å². The number of aryl methyl sites for hydroxylation is 1. The lowest BCUT2D eigenvalue weighted by atomic mass is 10.2. The fraction of sp³-hybridized carbons (Fsp3) is 0.333. The molecule has 0 bridgehead atoms. The molecule has 1 aromatic rings. The van der Waals surface area contributed by atoms with E-state index in [9.17, 15) is 0 Å². The number of halogens is 1. The maximum Gasteiger partial charge on any atom is 0.177 e. The second kappa shape index (κ2) is 7.61. The molecule has 18 heavy (non-hydrogen) atoms. The number of hydrogen-bond acceptors (Lipinski definition) is 4. The van der Waals surface area contributed by atoms with Crippen LogP contribution in [0.5, 0.6) is 0 Å². The summed E-state index contributed by atoms with van der Waals surface area (Å²) in [6.45, 7) is 2.63. The van der Waals surface area contributed by atoms with Gasteiger partial charge in [-0.2, -0.15) is 4.40 Å². The van der Waals surface area contributed by atoms with Gasteiger partial charge in [0.1, 0.15) is 25.3 Å². The van der Waals surface area contributed by atoms with Crippen LogP contribution < -0.4 is 28.5 Å². The molecule has 0 aliphatic carbocycles. The molecule has 6 heteroatoms. The van der Waals surface area contributed by atoms with Crippen molar-refractivity contribution in [3.05, 3.63) is 30.1 Å². The fourth-order valence-electron chi connectivity index (χ4n) is 1.38. The Hall–Kier alpha value is -0.780. The van der Waals surface area contributed by atoms with E-state index in [1.165, 1.54) is 12.1 Å². The summed E-state index contributed by atoms with van der Waals surface area (Å²) in [6.07, 6.45) is 7.46. The molecular formula is C12H14IN3OS. The van der Waals surface area contributed by atoms with Gasteiger partial charge in [-0.1, -0.05) is 12.8 Å². The van der Waals surface area contributed by atoms with Gasteiger partial charge in [0.2, 0.25) is 0 Å². The van der Waals surface area contributed by atoms with Crippen molar-refractivity contribution in [3.8, 4) is 12.0 Å². The van der Waals surface area contributed by atoms with Crippen LogP contribution in [-0.2, 0) is 11.9 Å². The molecule has 1 aliphatic rings. The van der Waals surface area contributed by atoms with Crippen LogP contribution in [0.2, 0.25) is 0 Å². The molecule has 2 heterocycles. The zero-order valence-electron chi connectivity index (χ0n) is 10.3. The van der Waals surface area contributed by atoms with Crippen LogP contribution in [0.15, 0.2) is 28.9 Å². The smallest absolute Gasteiger partial charge is 0.177 e. The lowest BCUT2D eigenvalue weighted by molar-refractivity contribution is -0.671. The van der Waals surface area contributed by atoms with E-state index in [0.717, 1.165) is 17.7 Å². The zero-order chi connectivity index (χ0) is 12.1. The van der Waals surface area contributed by atoms with Gasteiger partial charge in [0.05, 0.1) is 17.8 Å². The summed E-state index contributed by atoms with van der Waals surface area (Å²) in [4.78, 5) is 5.24. The molecule has 0 unspecified atom stereocenters. The highest BCUT2D eigenvalue weighted by atomic mass is 127. The molecular weight excluding hydrogens is 361 g/mol. The number of hydroxylamine groups is 1. The van der Waals surface area contributed by atoms with E-state index in [0.29, 0.717) is 6.54 Å². The minimum absolute atomic E-state index is 0. The molecule has 1 aromatic heterocycles. The largest absolute Gasteiger partial charge is 1.00 e. The van der Waals surface area contributed by atoms with Crippen LogP contribution in [0, 0.1) is 12.0 Å². The van der Waals surface area contributed by atoms with Gasteiger partial charge in [0, 0.05) is 12.5 Å². The Kier molecular flexibility index (Phi) is 6.46. The lowest BCUT2D eigenvalue weighted by Gasteiger charge is -2.06. The Morgan fingerprint density at radius 1 is 1.61 bits per heavy atom. The summed E-state index contributed by atoms with van der Waals surface area (Å²) in [5.74, 6) is 2.86. The van der Waals surface area contributed by atoms with Gasteiger partial charge < -0.3 is 28.8 Å². The minimum Gasteiger partial charge on any atom is -1.00 e. The molecule has 0 N–H and O–H groups in total. The second-order valence-electron chi connectivity index (χ2n) is 3.59. The third-order valence-electron chi connectivity index (χ3n) is 2.19. The van der Waals surface area contributed by atoms with Crippen LogP contribution >= 0.6 is 12.1 Å². The topological polar surface area (TPSA) is 28.7 Å². The number of rotatable bonds is 2. The van der Waals surface area contributed by atoms with Crippen molar-refractivity contribution in [1.29, 1.82) is 0 Å². The van der Waals surface area contributed by atoms with Crippen molar-refractivity contribution in [2.75, 3.05) is 6.54 Å². The predicted octanol–water partition coefficient (Wildman–Crippen LogP) is -1.51. The molecule has 96 valence electrons. The molecule has 4 nitrogen and oxygen atoms in total. The summed E-state index contributed by atoms with van der Waals surface area (Å²) in [7, 11) is 1.99. The average Bonchev–Trinajstić information content (AvgIpc) is 2.78. The lowest BCUT2D eigenvalue weighted by Crippen LogP contribution is -3.00. The highest BCUT2D eigenvalue weighted by Crippen LogP contribution is 2.21. The van der Waals surface area contributed by atoms with Crippen molar-refractivity contribution in [2.45, 2.75) is 13.3 Å².